The molecule has 1 saturated heterocycles. The van der Waals surface area contributed by atoms with Gasteiger partial charge in [0.15, 0.2) is 0 Å². The van der Waals surface area contributed by atoms with Crippen LogP contribution in [0, 0.1) is 0 Å². The number of nitrogens with zero attached hydrogens (tertiary/aromatic N) is 1. The van der Waals surface area contributed by atoms with Crippen molar-refractivity contribution in [2.45, 2.75) is 38.6 Å². The maximum atomic E-state index is 12.9. The minimum Gasteiger partial charge on any atom is -0.334 e. The Labute approximate surface area is 131 Å². The smallest absolute Gasteiger partial charge is 0.254 e. The third-order valence-corrected chi connectivity index (χ3v) is 4.45. The fourth-order valence-corrected chi connectivity index (χ4v) is 3.28. The molecule has 22 heavy (non-hydrogen) atoms. The highest BCUT2D eigenvalue weighted by molar-refractivity contribution is 5.98. The standard InChI is InChI=1S/C17H23N3O2/c1-2-9-20(14-7-8-18-11-14)17(22)13-3-5-15-12(10-13)4-6-16(21)19-15/h3,5,10,14,18H,2,4,6-9,11H2,1H3,(H,19,21). The van der Waals surface area contributed by atoms with Crippen molar-refractivity contribution in [1.82, 2.24) is 10.2 Å². The monoisotopic (exact) mass is 301 g/mol. The number of hydrogen-bond donors (Lipinski definition) is 2. The minimum atomic E-state index is 0.0521. The summed E-state index contributed by atoms with van der Waals surface area (Å²) in [5.41, 5.74) is 2.64. The normalized spacial score (nSPS) is 20.4. The molecule has 1 unspecified atom stereocenters. The van der Waals surface area contributed by atoms with Crippen LogP contribution >= 0.6 is 0 Å². The number of carbonyl (C=O) groups excluding carboxylic acids is 2. The first-order valence-electron chi connectivity index (χ1n) is 8.13. The van der Waals surface area contributed by atoms with Gasteiger partial charge in [0.25, 0.3) is 5.91 Å². The number of rotatable bonds is 4. The van der Waals surface area contributed by atoms with Crippen LogP contribution in [0.2, 0.25) is 0 Å². The van der Waals surface area contributed by atoms with E-state index >= 15 is 0 Å². The van der Waals surface area contributed by atoms with Crippen LogP contribution in [-0.4, -0.2) is 42.4 Å². The topological polar surface area (TPSA) is 61.4 Å². The van der Waals surface area contributed by atoms with E-state index in [0.717, 1.165) is 49.3 Å². The molecule has 5 nitrogen and oxygen atoms in total. The van der Waals surface area contributed by atoms with Crippen LogP contribution in [0.15, 0.2) is 18.2 Å². The van der Waals surface area contributed by atoms with Gasteiger partial charge in [-0.05, 0) is 49.6 Å². The van der Waals surface area contributed by atoms with Crippen LogP contribution in [0.1, 0.15) is 42.1 Å². The van der Waals surface area contributed by atoms with Gasteiger partial charge in [-0.2, -0.15) is 0 Å². The van der Waals surface area contributed by atoms with Crippen molar-refractivity contribution in [2.24, 2.45) is 0 Å². The molecule has 0 spiro atoms. The largest absolute Gasteiger partial charge is 0.334 e. The van der Waals surface area contributed by atoms with Gasteiger partial charge in [-0.3, -0.25) is 9.59 Å². The molecule has 0 aromatic heterocycles. The quantitative estimate of drug-likeness (QED) is 0.891. The predicted octanol–water partition coefficient (Wildman–Crippen LogP) is 1.79. The van der Waals surface area contributed by atoms with Crippen LogP contribution in [0.25, 0.3) is 0 Å². The number of amides is 2. The summed E-state index contributed by atoms with van der Waals surface area (Å²) in [5, 5.41) is 6.19. The fraction of sp³-hybridized carbons (Fsp3) is 0.529. The molecule has 1 fully saturated rings. The molecule has 0 radical (unpaired) electrons. The van der Waals surface area contributed by atoms with Gasteiger partial charge in [0.2, 0.25) is 5.91 Å². The van der Waals surface area contributed by atoms with Crippen molar-refractivity contribution in [1.29, 1.82) is 0 Å². The summed E-state index contributed by atoms with van der Waals surface area (Å²) in [5.74, 6) is 0.159. The summed E-state index contributed by atoms with van der Waals surface area (Å²) in [6, 6.07) is 5.93. The molecule has 2 amide bonds. The highest BCUT2D eigenvalue weighted by Gasteiger charge is 2.27. The molecule has 1 aromatic rings. The number of aryl methyl sites for hydroxylation is 1. The average Bonchev–Trinajstić information content (AvgIpc) is 3.05. The van der Waals surface area contributed by atoms with E-state index in [2.05, 4.69) is 17.6 Å². The summed E-state index contributed by atoms with van der Waals surface area (Å²) in [4.78, 5) is 26.3. The van der Waals surface area contributed by atoms with Crippen molar-refractivity contribution in [3.63, 3.8) is 0 Å². The lowest BCUT2D eigenvalue weighted by molar-refractivity contribution is -0.116. The molecular formula is C17H23N3O2. The Morgan fingerprint density at radius 2 is 2.23 bits per heavy atom. The number of fused-ring (bicyclic) bond motifs is 1. The Hall–Kier alpha value is -1.88. The first-order valence-corrected chi connectivity index (χ1v) is 8.13. The van der Waals surface area contributed by atoms with E-state index in [0.29, 0.717) is 18.9 Å². The van der Waals surface area contributed by atoms with E-state index in [4.69, 9.17) is 0 Å². The van der Waals surface area contributed by atoms with Crippen molar-refractivity contribution >= 4 is 17.5 Å². The second kappa shape index (κ2) is 6.48. The molecule has 2 aliphatic heterocycles. The first kappa shape index (κ1) is 15.0. The summed E-state index contributed by atoms with van der Waals surface area (Å²) in [7, 11) is 0. The molecule has 3 rings (SSSR count). The van der Waals surface area contributed by atoms with Crippen LogP contribution in [0.4, 0.5) is 5.69 Å². The van der Waals surface area contributed by atoms with E-state index in [1.54, 1.807) is 0 Å². The second-order valence-electron chi connectivity index (χ2n) is 6.07. The fourth-order valence-electron chi connectivity index (χ4n) is 3.28. The van der Waals surface area contributed by atoms with Gasteiger partial charge in [-0.15, -0.1) is 0 Å². The SMILES string of the molecule is CCCN(C(=O)c1ccc2c(c1)CCC(=O)N2)C1CCNC1. The maximum Gasteiger partial charge on any atom is 0.254 e. The van der Waals surface area contributed by atoms with E-state index in [-0.39, 0.29) is 11.8 Å². The van der Waals surface area contributed by atoms with Crippen molar-refractivity contribution in [3.05, 3.63) is 29.3 Å². The molecule has 1 aromatic carbocycles. The molecule has 1 atom stereocenters. The van der Waals surface area contributed by atoms with Crippen molar-refractivity contribution < 1.29 is 9.59 Å². The molecule has 2 aliphatic rings. The molecule has 2 heterocycles. The number of benzene rings is 1. The molecular weight excluding hydrogens is 278 g/mol. The Bertz CT molecular complexity index is 579. The van der Waals surface area contributed by atoms with E-state index in [9.17, 15) is 9.59 Å². The zero-order valence-corrected chi connectivity index (χ0v) is 13.0. The molecule has 0 bridgehead atoms. The Morgan fingerprint density at radius 3 is 2.95 bits per heavy atom. The second-order valence-corrected chi connectivity index (χ2v) is 6.07. The van der Waals surface area contributed by atoms with Crippen LogP contribution in [0.3, 0.4) is 0 Å². The summed E-state index contributed by atoms with van der Waals surface area (Å²) < 4.78 is 0. The van der Waals surface area contributed by atoms with E-state index in [1.807, 2.05) is 23.1 Å². The molecule has 5 heteroatoms. The third-order valence-electron chi connectivity index (χ3n) is 4.45. The van der Waals surface area contributed by atoms with Gasteiger partial charge in [0, 0.05) is 36.8 Å². The van der Waals surface area contributed by atoms with Gasteiger partial charge in [-0.1, -0.05) is 6.92 Å². The molecule has 0 saturated carbocycles. The number of anilines is 1. The van der Waals surface area contributed by atoms with E-state index in [1.165, 1.54) is 0 Å². The minimum absolute atomic E-state index is 0.0521. The van der Waals surface area contributed by atoms with Gasteiger partial charge < -0.3 is 15.5 Å². The molecule has 118 valence electrons. The van der Waals surface area contributed by atoms with Crippen LogP contribution in [-0.2, 0) is 11.2 Å². The van der Waals surface area contributed by atoms with E-state index < -0.39 is 0 Å². The first-order chi connectivity index (χ1) is 10.7. The van der Waals surface area contributed by atoms with Crippen molar-refractivity contribution in [3.8, 4) is 0 Å². The van der Waals surface area contributed by atoms with Crippen molar-refractivity contribution in [2.75, 3.05) is 25.0 Å². The molecule has 2 N–H and O–H groups in total. The summed E-state index contributed by atoms with van der Waals surface area (Å²) in [6.45, 7) is 4.76. The third kappa shape index (κ3) is 2.99. The van der Waals surface area contributed by atoms with Gasteiger partial charge in [-0.25, -0.2) is 0 Å². The van der Waals surface area contributed by atoms with Gasteiger partial charge in [0.1, 0.15) is 0 Å². The zero-order chi connectivity index (χ0) is 15.5. The lowest BCUT2D eigenvalue weighted by Crippen LogP contribution is -2.42. The highest BCUT2D eigenvalue weighted by Crippen LogP contribution is 2.25. The van der Waals surface area contributed by atoms with Gasteiger partial charge >= 0.3 is 0 Å². The lowest BCUT2D eigenvalue weighted by Gasteiger charge is -2.29. The number of hydrogen-bond acceptors (Lipinski definition) is 3. The zero-order valence-electron chi connectivity index (χ0n) is 13.0. The summed E-state index contributed by atoms with van der Waals surface area (Å²) in [6.07, 6.45) is 3.19. The van der Waals surface area contributed by atoms with Gasteiger partial charge in [0.05, 0.1) is 0 Å². The number of carbonyl (C=O) groups is 2. The molecule has 0 aliphatic carbocycles. The average molecular weight is 301 g/mol. The van der Waals surface area contributed by atoms with Crippen LogP contribution in [0.5, 0.6) is 0 Å². The highest BCUT2D eigenvalue weighted by atomic mass is 16.2. The van der Waals surface area contributed by atoms with Crippen LogP contribution < -0.4 is 10.6 Å². The Kier molecular flexibility index (Phi) is 4.43. The Balaban J connectivity index is 1.82. The Morgan fingerprint density at radius 1 is 1.36 bits per heavy atom. The lowest BCUT2D eigenvalue weighted by atomic mass is 9.99. The number of nitrogens with one attached hydrogen (secondary N) is 2. The maximum absolute atomic E-state index is 12.9. The summed E-state index contributed by atoms with van der Waals surface area (Å²) >= 11 is 0. The predicted molar refractivity (Wildman–Crippen MR) is 86.0 cm³/mol.